The highest BCUT2D eigenvalue weighted by Crippen LogP contribution is 2.32. The summed E-state index contributed by atoms with van der Waals surface area (Å²) in [6.07, 6.45) is 0. The van der Waals surface area contributed by atoms with Crippen molar-refractivity contribution in [3.05, 3.63) is 48.5 Å². The Labute approximate surface area is 158 Å². The van der Waals surface area contributed by atoms with Gasteiger partial charge in [0.15, 0.2) is 5.78 Å². The highest BCUT2D eigenvalue weighted by atomic mass is 16.5. The highest BCUT2D eigenvalue weighted by Gasteiger charge is 2.23. The molecule has 0 saturated heterocycles. The number of hydrogen-bond donors (Lipinski definition) is 1. The lowest BCUT2D eigenvalue weighted by molar-refractivity contribution is -0.126. The quantitative estimate of drug-likeness (QED) is 0.531. The number of amides is 1. The van der Waals surface area contributed by atoms with Crippen LogP contribution in [-0.2, 0) is 9.59 Å². The molecule has 7 nitrogen and oxygen atoms in total. The molecule has 1 atom stereocenters. The second-order valence-electron chi connectivity index (χ2n) is 5.58. The molecule has 0 bridgehead atoms. The average molecular weight is 369 g/mol. The largest absolute Gasteiger partial charge is 0.494 e. The first-order valence-electron chi connectivity index (χ1n) is 8.72. The lowest BCUT2D eigenvalue weighted by atomic mass is 10.2. The van der Waals surface area contributed by atoms with Crippen LogP contribution in [0.2, 0.25) is 0 Å². The summed E-state index contributed by atoms with van der Waals surface area (Å²) in [5.41, 5.74) is 0.971. The summed E-state index contributed by atoms with van der Waals surface area (Å²) < 4.78 is 11.0. The van der Waals surface area contributed by atoms with Gasteiger partial charge in [-0.2, -0.15) is 10.2 Å². The van der Waals surface area contributed by atoms with Crippen LogP contribution in [0.15, 0.2) is 58.8 Å². The van der Waals surface area contributed by atoms with Gasteiger partial charge in [-0.1, -0.05) is 18.2 Å². The van der Waals surface area contributed by atoms with Crippen LogP contribution in [0.1, 0.15) is 20.8 Å². The van der Waals surface area contributed by atoms with Crippen molar-refractivity contribution >= 4 is 23.1 Å². The van der Waals surface area contributed by atoms with Crippen molar-refractivity contribution in [3.63, 3.8) is 0 Å². The summed E-state index contributed by atoms with van der Waals surface area (Å²) in [5.74, 6) is 0.140. The van der Waals surface area contributed by atoms with Crippen LogP contribution in [0.3, 0.4) is 0 Å². The Balaban J connectivity index is 2.24. The molecule has 0 heterocycles. The second-order valence-corrected chi connectivity index (χ2v) is 5.58. The zero-order chi connectivity index (χ0) is 19.6. The second kappa shape index (κ2) is 10.1. The third-order valence-corrected chi connectivity index (χ3v) is 3.50. The number of hydrogen-bond acceptors (Lipinski definition) is 6. The topological polar surface area (TPSA) is 89.3 Å². The van der Waals surface area contributed by atoms with Crippen molar-refractivity contribution < 1.29 is 19.1 Å². The fourth-order valence-corrected chi connectivity index (χ4v) is 2.28. The Morgan fingerprint density at radius 2 is 1.74 bits per heavy atom. The van der Waals surface area contributed by atoms with Gasteiger partial charge in [0, 0.05) is 11.8 Å². The van der Waals surface area contributed by atoms with Gasteiger partial charge in [-0.05, 0) is 45.0 Å². The maximum Gasteiger partial charge on any atom is 0.258 e. The van der Waals surface area contributed by atoms with Gasteiger partial charge in [0.2, 0.25) is 6.04 Å². The van der Waals surface area contributed by atoms with E-state index in [9.17, 15) is 9.59 Å². The Kier molecular flexibility index (Phi) is 7.49. The van der Waals surface area contributed by atoms with Crippen LogP contribution in [0.25, 0.3) is 0 Å². The van der Waals surface area contributed by atoms with Crippen LogP contribution in [0.5, 0.6) is 11.5 Å². The van der Waals surface area contributed by atoms with Crippen molar-refractivity contribution in [1.82, 2.24) is 0 Å². The molecule has 27 heavy (non-hydrogen) atoms. The number of nitrogens with one attached hydrogen (secondary N) is 1. The van der Waals surface area contributed by atoms with Crippen LogP contribution in [0.4, 0.5) is 11.4 Å². The van der Waals surface area contributed by atoms with Crippen molar-refractivity contribution in [3.8, 4) is 11.5 Å². The number of carbonyl (C=O) groups excluding carboxylic acids is 2. The summed E-state index contributed by atoms with van der Waals surface area (Å²) in [6.45, 7) is 5.97. The molecule has 1 N–H and O–H groups in total. The monoisotopic (exact) mass is 369 g/mol. The van der Waals surface area contributed by atoms with E-state index in [0.717, 1.165) is 0 Å². The lowest BCUT2D eigenvalue weighted by Gasteiger charge is -2.11. The maximum atomic E-state index is 12.4. The van der Waals surface area contributed by atoms with Gasteiger partial charge >= 0.3 is 0 Å². The Morgan fingerprint density at radius 1 is 1.04 bits per heavy atom. The first kappa shape index (κ1) is 20.1. The van der Waals surface area contributed by atoms with E-state index in [-0.39, 0.29) is 0 Å². The molecule has 2 aromatic carbocycles. The Morgan fingerprint density at radius 3 is 2.37 bits per heavy atom. The maximum absolute atomic E-state index is 12.4. The zero-order valence-corrected chi connectivity index (χ0v) is 15.6. The first-order chi connectivity index (χ1) is 13.0. The van der Waals surface area contributed by atoms with Crippen LogP contribution in [-0.4, -0.2) is 30.9 Å². The summed E-state index contributed by atoms with van der Waals surface area (Å²) >= 11 is 0. The van der Waals surface area contributed by atoms with Gasteiger partial charge < -0.3 is 14.8 Å². The number of carbonyl (C=O) groups is 2. The van der Waals surface area contributed by atoms with Gasteiger partial charge in [-0.3, -0.25) is 9.59 Å². The van der Waals surface area contributed by atoms with Crippen molar-refractivity contribution in [2.45, 2.75) is 26.8 Å². The van der Waals surface area contributed by atoms with Gasteiger partial charge in [0.05, 0.1) is 13.2 Å². The standard InChI is InChI=1S/C20H23N3O4/c1-4-26-16-11-12-18(27-5-2)17(13-16)22-23-19(14(3)24)20(25)21-15-9-7-6-8-10-15/h6-13,19H,4-5H2,1-3H3,(H,21,25). The Bertz CT molecular complexity index is 806. The van der Waals surface area contributed by atoms with E-state index in [4.69, 9.17) is 9.47 Å². The molecule has 2 aromatic rings. The molecule has 0 aliphatic rings. The zero-order valence-electron chi connectivity index (χ0n) is 15.6. The first-order valence-corrected chi connectivity index (χ1v) is 8.72. The third kappa shape index (κ3) is 5.91. The SMILES string of the molecule is CCOc1ccc(OCC)c(N=NC(C(C)=O)C(=O)Nc2ccccc2)c1. The molecule has 142 valence electrons. The summed E-state index contributed by atoms with van der Waals surface area (Å²) in [7, 11) is 0. The molecule has 1 unspecified atom stereocenters. The molecule has 0 aliphatic carbocycles. The van der Waals surface area contributed by atoms with E-state index >= 15 is 0 Å². The minimum absolute atomic E-state index is 0.390. The molecule has 0 fully saturated rings. The normalized spacial score (nSPS) is 11.8. The molecule has 0 aromatic heterocycles. The van der Waals surface area contributed by atoms with E-state index in [1.54, 1.807) is 42.5 Å². The van der Waals surface area contributed by atoms with Crippen LogP contribution >= 0.6 is 0 Å². The molecule has 1 amide bonds. The number of ether oxygens (including phenoxy) is 2. The van der Waals surface area contributed by atoms with E-state index in [1.807, 2.05) is 19.9 Å². The molecule has 0 spiro atoms. The van der Waals surface area contributed by atoms with Gasteiger partial charge in [-0.25, -0.2) is 0 Å². The molecule has 0 saturated carbocycles. The number of Topliss-reactive ketones (excluding diaryl/α,β-unsaturated/α-hetero) is 1. The fourth-order valence-electron chi connectivity index (χ4n) is 2.28. The van der Waals surface area contributed by atoms with Crippen LogP contribution in [0, 0.1) is 0 Å². The van der Waals surface area contributed by atoms with Crippen LogP contribution < -0.4 is 14.8 Å². The number of ketones is 1. The smallest absolute Gasteiger partial charge is 0.258 e. The fraction of sp³-hybridized carbons (Fsp3) is 0.300. The molecule has 0 radical (unpaired) electrons. The molecule has 7 heteroatoms. The van der Waals surface area contributed by atoms with E-state index in [2.05, 4.69) is 15.5 Å². The molecule has 0 aliphatic heterocycles. The number of benzene rings is 2. The molecular weight excluding hydrogens is 346 g/mol. The number of rotatable bonds is 9. The molecular formula is C20H23N3O4. The van der Waals surface area contributed by atoms with Gasteiger partial charge in [0.1, 0.15) is 17.2 Å². The minimum atomic E-state index is -1.25. The summed E-state index contributed by atoms with van der Waals surface area (Å²) in [4.78, 5) is 24.3. The van der Waals surface area contributed by atoms with E-state index in [0.29, 0.717) is 36.1 Å². The van der Waals surface area contributed by atoms with Crippen molar-refractivity contribution in [2.75, 3.05) is 18.5 Å². The summed E-state index contributed by atoms with van der Waals surface area (Å²) in [5, 5.41) is 10.7. The lowest BCUT2D eigenvalue weighted by Crippen LogP contribution is -2.31. The minimum Gasteiger partial charge on any atom is -0.494 e. The highest BCUT2D eigenvalue weighted by molar-refractivity contribution is 6.10. The van der Waals surface area contributed by atoms with Gasteiger partial charge in [0.25, 0.3) is 5.91 Å². The van der Waals surface area contributed by atoms with Crippen molar-refractivity contribution in [2.24, 2.45) is 10.2 Å². The van der Waals surface area contributed by atoms with Gasteiger partial charge in [-0.15, -0.1) is 0 Å². The van der Waals surface area contributed by atoms with E-state index < -0.39 is 17.7 Å². The number of anilines is 1. The predicted octanol–water partition coefficient (Wildman–Crippen LogP) is 4.16. The summed E-state index contributed by atoms with van der Waals surface area (Å²) in [6, 6.07) is 12.7. The molecule has 2 rings (SSSR count). The predicted molar refractivity (Wildman–Crippen MR) is 103 cm³/mol. The number of para-hydroxylation sites is 1. The van der Waals surface area contributed by atoms with E-state index in [1.165, 1.54) is 6.92 Å². The number of nitrogens with zero attached hydrogens (tertiary/aromatic N) is 2. The number of azo groups is 1. The Hall–Kier alpha value is -3.22. The third-order valence-electron chi connectivity index (χ3n) is 3.50. The average Bonchev–Trinajstić information content (AvgIpc) is 2.64. The van der Waals surface area contributed by atoms with Crippen molar-refractivity contribution in [1.29, 1.82) is 0 Å².